The Balaban J connectivity index is 1.47. The van der Waals surface area contributed by atoms with Gasteiger partial charge in [0.25, 0.3) is 0 Å². The molecule has 4 heteroatoms. The van der Waals surface area contributed by atoms with E-state index in [0.29, 0.717) is 5.92 Å². The van der Waals surface area contributed by atoms with Crippen LogP contribution in [0.3, 0.4) is 0 Å². The van der Waals surface area contributed by atoms with E-state index in [1.165, 1.54) is 10.9 Å². The van der Waals surface area contributed by atoms with Gasteiger partial charge in [0.05, 0.1) is 0 Å². The van der Waals surface area contributed by atoms with Crippen molar-refractivity contribution in [3.05, 3.63) is 64.8 Å². The molecule has 3 nitrogen and oxygen atoms in total. The summed E-state index contributed by atoms with van der Waals surface area (Å²) in [5.41, 5.74) is 3.24. The number of benzene rings is 2. The van der Waals surface area contributed by atoms with Crippen molar-refractivity contribution >= 4 is 38.4 Å². The van der Waals surface area contributed by atoms with Crippen molar-refractivity contribution in [2.45, 2.75) is 12.3 Å². The Hall–Kier alpha value is -2.07. The summed E-state index contributed by atoms with van der Waals surface area (Å²) in [6.07, 6.45) is 2.96. The number of hydrogen-bond acceptors (Lipinski definition) is 1. The van der Waals surface area contributed by atoms with Gasteiger partial charge in [-0.05, 0) is 53.6 Å². The van der Waals surface area contributed by atoms with Gasteiger partial charge in [0.1, 0.15) is 0 Å². The van der Waals surface area contributed by atoms with E-state index in [-0.39, 0.29) is 11.8 Å². The van der Waals surface area contributed by atoms with E-state index in [1.807, 2.05) is 43.6 Å². The molecule has 3 aromatic rings. The summed E-state index contributed by atoms with van der Waals surface area (Å²) in [7, 11) is 2.01. The second-order valence-electron chi connectivity index (χ2n) is 6.19. The molecular formula is C19H17BrN2O. The number of aromatic nitrogens is 1. The molecule has 1 aliphatic carbocycles. The molecule has 0 radical (unpaired) electrons. The van der Waals surface area contributed by atoms with Crippen LogP contribution in [0.15, 0.2) is 59.2 Å². The van der Waals surface area contributed by atoms with Crippen LogP contribution < -0.4 is 5.32 Å². The van der Waals surface area contributed by atoms with Crippen LogP contribution >= 0.6 is 15.9 Å². The van der Waals surface area contributed by atoms with Crippen molar-refractivity contribution in [2.75, 3.05) is 5.32 Å². The van der Waals surface area contributed by atoms with E-state index >= 15 is 0 Å². The maximum atomic E-state index is 12.5. The molecule has 2 aromatic carbocycles. The first kappa shape index (κ1) is 14.5. The minimum atomic E-state index is 0.0836. The second kappa shape index (κ2) is 5.53. The summed E-state index contributed by atoms with van der Waals surface area (Å²) in [4.78, 5) is 12.5. The molecule has 116 valence electrons. The lowest BCUT2D eigenvalue weighted by atomic mass is 10.1. The molecule has 4 rings (SSSR count). The van der Waals surface area contributed by atoms with E-state index in [2.05, 4.69) is 44.0 Å². The zero-order valence-corrected chi connectivity index (χ0v) is 14.4. The molecule has 1 aliphatic rings. The number of amides is 1. The number of aryl methyl sites for hydroxylation is 1. The van der Waals surface area contributed by atoms with E-state index in [4.69, 9.17) is 0 Å². The molecule has 0 bridgehead atoms. The van der Waals surface area contributed by atoms with Gasteiger partial charge >= 0.3 is 0 Å². The van der Waals surface area contributed by atoms with Crippen molar-refractivity contribution in [1.82, 2.24) is 4.57 Å². The summed E-state index contributed by atoms with van der Waals surface area (Å²) in [6, 6.07) is 16.4. The minimum absolute atomic E-state index is 0.0836. The standard InChI is InChI=1S/C19H17BrN2O/c1-22-9-8-13-4-7-15(10-18(13)22)21-19(23)17-11-16(17)12-2-5-14(20)6-3-12/h2-10,16-17H,11H2,1H3,(H,21,23). The van der Waals surface area contributed by atoms with Gasteiger partial charge in [0.2, 0.25) is 5.91 Å². The van der Waals surface area contributed by atoms with Gasteiger partial charge in [-0.3, -0.25) is 4.79 Å². The highest BCUT2D eigenvalue weighted by molar-refractivity contribution is 9.10. The molecule has 23 heavy (non-hydrogen) atoms. The Morgan fingerprint density at radius 1 is 1.17 bits per heavy atom. The Morgan fingerprint density at radius 2 is 1.96 bits per heavy atom. The highest BCUT2D eigenvalue weighted by Crippen LogP contribution is 2.48. The molecule has 1 heterocycles. The second-order valence-corrected chi connectivity index (χ2v) is 7.11. The third-order valence-electron chi connectivity index (χ3n) is 4.58. The smallest absolute Gasteiger partial charge is 0.228 e. The van der Waals surface area contributed by atoms with Crippen LogP contribution in [0.4, 0.5) is 5.69 Å². The molecule has 1 amide bonds. The van der Waals surface area contributed by atoms with Crippen molar-refractivity contribution in [3.63, 3.8) is 0 Å². The topological polar surface area (TPSA) is 34.0 Å². The summed E-state index contributed by atoms with van der Waals surface area (Å²) in [5, 5.41) is 4.25. The van der Waals surface area contributed by atoms with Gasteiger partial charge in [0.15, 0.2) is 0 Å². The quantitative estimate of drug-likeness (QED) is 0.715. The van der Waals surface area contributed by atoms with Crippen molar-refractivity contribution in [2.24, 2.45) is 13.0 Å². The zero-order valence-electron chi connectivity index (χ0n) is 12.8. The van der Waals surface area contributed by atoms with Crippen LogP contribution in [0, 0.1) is 5.92 Å². The Labute approximate surface area is 143 Å². The molecule has 1 aromatic heterocycles. The first-order valence-electron chi connectivity index (χ1n) is 7.73. The summed E-state index contributed by atoms with van der Waals surface area (Å²) in [6.45, 7) is 0. The zero-order chi connectivity index (χ0) is 16.0. The lowest BCUT2D eigenvalue weighted by molar-refractivity contribution is -0.117. The maximum Gasteiger partial charge on any atom is 0.228 e. The van der Waals surface area contributed by atoms with Crippen molar-refractivity contribution in [1.29, 1.82) is 0 Å². The number of nitrogens with one attached hydrogen (secondary N) is 1. The summed E-state index contributed by atoms with van der Waals surface area (Å²) in [5.74, 6) is 0.550. The molecule has 2 atom stereocenters. The number of fused-ring (bicyclic) bond motifs is 1. The maximum absolute atomic E-state index is 12.5. The van der Waals surface area contributed by atoms with Gasteiger partial charge in [-0.2, -0.15) is 0 Å². The average molecular weight is 369 g/mol. The first-order chi connectivity index (χ1) is 11.1. The van der Waals surface area contributed by atoms with Crippen LogP contribution in [0.2, 0.25) is 0 Å². The average Bonchev–Trinajstić information content (AvgIpc) is 3.27. The predicted molar refractivity (Wildman–Crippen MR) is 96.5 cm³/mol. The van der Waals surface area contributed by atoms with E-state index < -0.39 is 0 Å². The fourth-order valence-corrected chi connectivity index (χ4v) is 3.40. The van der Waals surface area contributed by atoms with Gasteiger partial charge in [0, 0.05) is 34.8 Å². The third kappa shape index (κ3) is 2.79. The normalized spacial score (nSPS) is 19.7. The molecule has 0 saturated heterocycles. The number of carbonyl (C=O) groups is 1. The molecular weight excluding hydrogens is 352 g/mol. The molecule has 1 fully saturated rings. The van der Waals surface area contributed by atoms with Crippen LogP contribution in [0.5, 0.6) is 0 Å². The summed E-state index contributed by atoms with van der Waals surface area (Å²) < 4.78 is 3.13. The molecule has 1 N–H and O–H groups in total. The summed E-state index contributed by atoms with van der Waals surface area (Å²) >= 11 is 3.44. The van der Waals surface area contributed by atoms with Gasteiger partial charge in [-0.25, -0.2) is 0 Å². The van der Waals surface area contributed by atoms with Crippen molar-refractivity contribution in [3.8, 4) is 0 Å². The lowest BCUT2D eigenvalue weighted by Gasteiger charge is -2.06. The van der Waals surface area contributed by atoms with Gasteiger partial charge in [-0.1, -0.05) is 34.1 Å². The highest BCUT2D eigenvalue weighted by Gasteiger charge is 2.43. The number of nitrogens with zero attached hydrogens (tertiary/aromatic N) is 1. The van der Waals surface area contributed by atoms with E-state index in [0.717, 1.165) is 22.1 Å². The Bertz CT molecular complexity index is 882. The Kier molecular flexibility index (Phi) is 3.49. The third-order valence-corrected chi connectivity index (χ3v) is 5.11. The molecule has 1 saturated carbocycles. The van der Waals surface area contributed by atoms with Crippen LogP contribution in [-0.2, 0) is 11.8 Å². The molecule has 0 aliphatic heterocycles. The number of hydrogen-bond donors (Lipinski definition) is 1. The first-order valence-corrected chi connectivity index (χ1v) is 8.52. The van der Waals surface area contributed by atoms with Crippen molar-refractivity contribution < 1.29 is 4.79 Å². The minimum Gasteiger partial charge on any atom is -0.350 e. The number of rotatable bonds is 3. The van der Waals surface area contributed by atoms with Crippen LogP contribution in [0.1, 0.15) is 17.9 Å². The van der Waals surface area contributed by atoms with Crippen LogP contribution in [-0.4, -0.2) is 10.5 Å². The fourth-order valence-electron chi connectivity index (χ4n) is 3.14. The van der Waals surface area contributed by atoms with Gasteiger partial charge < -0.3 is 9.88 Å². The van der Waals surface area contributed by atoms with E-state index in [9.17, 15) is 4.79 Å². The van der Waals surface area contributed by atoms with E-state index in [1.54, 1.807) is 0 Å². The lowest BCUT2D eigenvalue weighted by Crippen LogP contribution is -2.14. The highest BCUT2D eigenvalue weighted by atomic mass is 79.9. The largest absolute Gasteiger partial charge is 0.350 e. The number of halogens is 1. The van der Waals surface area contributed by atoms with Gasteiger partial charge in [-0.15, -0.1) is 0 Å². The molecule has 0 spiro atoms. The fraction of sp³-hybridized carbons (Fsp3) is 0.211. The van der Waals surface area contributed by atoms with Crippen LogP contribution in [0.25, 0.3) is 10.9 Å². The number of carbonyl (C=O) groups excluding carboxylic acids is 1. The SMILES string of the molecule is Cn1ccc2ccc(NC(=O)C3CC3c3ccc(Br)cc3)cc21. The monoisotopic (exact) mass is 368 g/mol. The molecule has 2 unspecified atom stereocenters. The number of anilines is 1. The predicted octanol–water partition coefficient (Wildman–Crippen LogP) is 4.68. The Morgan fingerprint density at radius 3 is 2.74 bits per heavy atom.